The molecule has 13 nitrogen and oxygen atoms in total. The van der Waals surface area contributed by atoms with E-state index in [1.54, 1.807) is 24.3 Å². The second kappa shape index (κ2) is 23.6. The number of rotatable bonds is 11. The molecule has 13 heteroatoms. The number of Topliss-reactive ketones (excluding diaryl/α,β-unsaturated/α-hetero) is 1. The van der Waals surface area contributed by atoms with E-state index in [1.165, 1.54) is 10.5 Å². The third-order valence-electron chi connectivity index (χ3n) is 7.40. The minimum Gasteiger partial charge on any atom is -0.445 e. The molecule has 274 valence electrons. The highest BCUT2D eigenvalue weighted by Crippen LogP contribution is 2.22. The van der Waals surface area contributed by atoms with Crippen LogP contribution in [0.4, 0.5) is 4.79 Å². The molecule has 0 bridgehead atoms. The summed E-state index contributed by atoms with van der Waals surface area (Å²) in [5, 5.41) is 5.13. The number of nitrogens with one attached hydrogen (secondary N) is 2. The zero-order chi connectivity index (χ0) is 37.4. The van der Waals surface area contributed by atoms with Crippen molar-refractivity contribution in [2.45, 2.75) is 59.6 Å². The van der Waals surface area contributed by atoms with Gasteiger partial charge >= 0.3 is 6.09 Å². The molecule has 1 aliphatic heterocycles. The summed E-state index contributed by atoms with van der Waals surface area (Å²) in [7, 11) is 0. The number of hydrogen-bond acceptors (Lipinski definition) is 8. The number of guanidine groups is 1. The number of ether oxygens (including phenoxy) is 1. The normalized spacial score (nSPS) is 14.2. The van der Waals surface area contributed by atoms with E-state index >= 15 is 0 Å². The third-order valence-corrected chi connectivity index (χ3v) is 7.40. The molecule has 0 saturated carbocycles. The number of likely N-dealkylation sites (tertiary alicyclic amines) is 1. The van der Waals surface area contributed by atoms with Crippen molar-refractivity contribution >= 4 is 41.3 Å². The van der Waals surface area contributed by atoms with Gasteiger partial charge in [0.2, 0.25) is 18.1 Å². The van der Waals surface area contributed by atoms with Crippen molar-refractivity contribution in [3.8, 4) is 0 Å². The first-order chi connectivity index (χ1) is 24.6. The number of nitrogens with zero attached hydrogens (tertiary/aromatic N) is 3. The number of hydrogen-bond donors (Lipinski definition) is 4. The average Bonchev–Trinajstić information content (AvgIpc) is 3.77. The number of para-hydroxylation sites is 2. The maximum atomic E-state index is 12.2. The number of nitrogens with two attached hydrogens (primary N) is 2. The predicted molar refractivity (Wildman–Crippen MR) is 199 cm³/mol. The Morgan fingerprint density at radius 3 is 2.10 bits per heavy atom. The van der Waals surface area contributed by atoms with Gasteiger partial charge in [0.05, 0.1) is 6.54 Å². The van der Waals surface area contributed by atoms with Crippen LogP contribution >= 0.6 is 0 Å². The van der Waals surface area contributed by atoms with E-state index in [2.05, 4.69) is 51.8 Å². The minimum atomic E-state index is -0.524. The number of aliphatic imine (C=N–C) groups is 1. The number of ketones is 1. The Bertz CT molecular complexity index is 1610. The Morgan fingerprint density at radius 2 is 1.57 bits per heavy atom. The minimum absolute atomic E-state index is 0.0294. The molecule has 0 spiro atoms. The summed E-state index contributed by atoms with van der Waals surface area (Å²) in [4.78, 5) is 55.5. The van der Waals surface area contributed by atoms with Gasteiger partial charge in [0.15, 0.2) is 11.5 Å². The fraction of sp³-hybridized carbons (Fsp3) is 0.368. The highest BCUT2D eigenvalue weighted by molar-refractivity contribution is 5.98. The largest absolute Gasteiger partial charge is 0.445 e. The lowest BCUT2D eigenvalue weighted by Crippen LogP contribution is -2.46. The Balaban J connectivity index is 0.000000270. The van der Waals surface area contributed by atoms with Crippen LogP contribution in [-0.2, 0) is 27.4 Å². The van der Waals surface area contributed by atoms with Gasteiger partial charge in [0.1, 0.15) is 18.2 Å². The van der Waals surface area contributed by atoms with E-state index in [0.29, 0.717) is 37.2 Å². The van der Waals surface area contributed by atoms with Crippen LogP contribution in [0.25, 0.3) is 11.1 Å². The number of amides is 3. The molecule has 1 fully saturated rings. The molecule has 3 amide bonds. The first-order valence-electron chi connectivity index (χ1n) is 17.0. The summed E-state index contributed by atoms with van der Waals surface area (Å²) >= 11 is 0. The first-order valence-corrected chi connectivity index (χ1v) is 17.0. The van der Waals surface area contributed by atoms with Crippen LogP contribution in [0.2, 0.25) is 0 Å². The number of carbonyl (C=O) groups is 4. The fourth-order valence-corrected chi connectivity index (χ4v) is 4.72. The second-order valence-electron chi connectivity index (χ2n) is 11.4. The number of alkyl carbamates (subject to hydrolysis) is 1. The van der Waals surface area contributed by atoms with E-state index in [9.17, 15) is 19.2 Å². The summed E-state index contributed by atoms with van der Waals surface area (Å²) < 4.78 is 10.3. The molecule has 0 aliphatic carbocycles. The molecule has 3 aromatic carbocycles. The Kier molecular flexibility index (Phi) is 19.2. The Morgan fingerprint density at radius 1 is 0.941 bits per heavy atom. The van der Waals surface area contributed by atoms with Crippen LogP contribution < -0.4 is 22.1 Å². The number of fused-ring (bicyclic) bond motifs is 1. The standard InChI is InChI=1S/C16H17N3O4.C10H13NO2.C8H10.C4H11N3/c1-10-6-7-19(9-20)14(10)15(22)17-8-12(21)16-18-11-4-2-3-5-13(11)23-16;1-2-11-10(12)13-8-9-6-4-3-5-7-9;1-2-8-6-4-3-5-7-8;1-2-3-7-4(5)6/h2-5,9-10,14H,6-8H2,1H3,(H,17,22);3-7H,2,8H2,1H3,(H,11,12);3-7H,2H2,1H3;2-3H2,1H3,(H4,5,6,7)/t10-,14?;;;/m0.../s1. The molecule has 2 heterocycles. The van der Waals surface area contributed by atoms with Gasteiger partial charge in [0, 0.05) is 19.6 Å². The van der Waals surface area contributed by atoms with E-state index in [4.69, 9.17) is 20.6 Å². The van der Waals surface area contributed by atoms with Crippen molar-refractivity contribution in [3.63, 3.8) is 0 Å². The van der Waals surface area contributed by atoms with Gasteiger partial charge in [-0.15, -0.1) is 0 Å². The first kappa shape index (κ1) is 41.5. The molecule has 0 radical (unpaired) electrons. The zero-order valence-corrected chi connectivity index (χ0v) is 29.9. The van der Waals surface area contributed by atoms with Gasteiger partial charge in [-0.25, -0.2) is 9.78 Å². The SMILES string of the molecule is CCCN=C(N)N.CCNC(=O)OCc1ccccc1.CCc1ccccc1.C[C@H]1CCN(C=O)C1C(=O)NCC(=O)c1nc2ccccc2o1. The van der Waals surface area contributed by atoms with Crippen molar-refractivity contribution in [1.82, 2.24) is 20.5 Å². The Labute approximate surface area is 299 Å². The van der Waals surface area contributed by atoms with Crippen molar-refractivity contribution in [2.75, 3.05) is 26.2 Å². The van der Waals surface area contributed by atoms with Gasteiger partial charge in [-0.1, -0.05) is 93.6 Å². The smallest absolute Gasteiger partial charge is 0.407 e. The molecule has 51 heavy (non-hydrogen) atoms. The maximum absolute atomic E-state index is 12.2. The molecule has 1 aromatic heterocycles. The number of aryl methyl sites for hydroxylation is 1. The van der Waals surface area contributed by atoms with Crippen molar-refractivity contribution in [1.29, 1.82) is 0 Å². The van der Waals surface area contributed by atoms with E-state index in [0.717, 1.165) is 31.4 Å². The average molecular weight is 702 g/mol. The third kappa shape index (κ3) is 15.6. The van der Waals surface area contributed by atoms with Crippen LogP contribution in [0.5, 0.6) is 0 Å². The van der Waals surface area contributed by atoms with E-state index in [1.807, 2.05) is 57.2 Å². The predicted octanol–water partition coefficient (Wildman–Crippen LogP) is 4.85. The fourth-order valence-electron chi connectivity index (χ4n) is 4.72. The zero-order valence-electron chi connectivity index (χ0n) is 29.9. The molecule has 1 unspecified atom stereocenters. The summed E-state index contributed by atoms with van der Waals surface area (Å²) in [5.74, 6) is -0.510. The van der Waals surface area contributed by atoms with Crippen LogP contribution in [0.15, 0.2) is 94.3 Å². The van der Waals surface area contributed by atoms with Crippen LogP contribution in [0.1, 0.15) is 62.3 Å². The second-order valence-corrected chi connectivity index (χ2v) is 11.4. The lowest BCUT2D eigenvalue weighted by atomic mass is 10.0. The number of carbonyl (C=O) groups excluding carboxylic acids is 4. The van der Waals surface area contributed by atoms with Crippen molar-refractivity contribution in [3.05, 3.63) is 102 Å². The van der Waals surface area contributed by atoms with E-state index < -0.39 is 11.8 Å². The monoisotopic (exact) mass is 701 g/mol. The van der Waals surface area contributed by atoms with Crippen molar-refractivity contribution in [2.24, 2.45) is 22.4 Å². The maximum Gasteiger partial charge on any atom is 0.407 e. The molecular formula is C38H51N7O6. The number of benzene rings is 3. The lowest BCUT2D eigenvalue weighted by molar-refractivity contribution is -0.131. The topological polar surface area (TPSA) is 195 Å². The van der Waals surface area contributed by atoms with E-state index in [-0.39, 0.29) is 36.3 Å². The molecule has 1 saturated heterocycles. The van der Waals surface area contributed by atoms with Crippen LogP contribution in [0, 0.1) is 5.92 Å². The highest BCUT2D eigenvalue weighted by Gasteiger charge is 2.36. The highest BCUT2D eigenvalue weighted by atomic mass is 16.5. The van der Waals surface area contributed by atoms with Gasteiger partial charge in [-0.2, -0.15) is 0 Å². The lowest BCUT2D eigenvalue weighted by Gasteiger charge is -2.21. The molecule has 5 rings (SSSR count). The molecule has 1 aliphatic rings. The van der Waals surface area contributed by atoms with Crippen LogP contribution in [-0.4, -0.2) is 72.3 Å². The van der Waals surface area contributed by atoms with Gasteiger partial charge in [-0.3, -0.25) is 19.4 Å². The van der Waals surface area contributed by atoms with Gasteiger partial charge in [0.25, 0.3) is 5.89 Å². The van der Waals surface area contributed by atoms with Crippen molar-refractivity contribution < 1.29 is 28.3 Å². The van der Waals surface area contributed by atoms with Gasteiger partial charge in [-0.05, 0) is 55.4 Å². The summed E-state index contributed by atoms with van der Waals surface area (Å²) in [6, 6.07) is 26.6. The molecule has 2 atom stereocenters. The van der Waals surface area contributed by atoms with Gasteiger partial charge < -0.3 is 36.2 Å². The van der Waals surface area contributed by atoms with Crippen LogP contribution in [0.3, 0.4) is 0 Å². The number of oxazole rings is 1. The quantitative estimate of drug-likeness (QED) is 0.0732. The summed E-state index contributed by atoms with van der Waals surface area (Å²) in [6.07, 6.45) is 3.22. The molecule has 6 N–H and O–H groups in total. The molecular weight excluding hydrogens is 650 g/mol. The summed E-state index contributed by atoms with van der Waals surface area (Å²) in [5.41, 5.74) is 13.5. The Hall–Kier alpha value is -5.72. The number of aromatic nitrogens is 1. The molecule has 4 aromatic rings. The summed E-state index contributed by atoms with van der Waals surface area (Å²) in [6.45, 7) is 9.95.